The Morgan fingerprint density at radius 1 is 1.26 bits per heavy atom. The largest absolute Gasteiger partial charge is 0.409 e. The Kier molecular flexibility index (Phi) is 6.91. The van der Waals surface area contributed by atoms with Crippen molar-refractivity contribution in [2.75, 3.05) is 31.3 Å². The molecule has 1 heterocycles. The summed E-state index contributed by atoms with van der Waals surface area (Å²) in [5.74, 6) is -2.89. The van der Waals surface area contributed by atoms with Crippen LogP contribution in [0.15, 0.2) is 29.4 Å². The number of benzene rings is 2. The number of anilines is 2. The molecule has 0 bridgehead atoms. The summed E-state index contributed by atoms with van der Waals surface area (Å²) in [4.78, 5) is 9.05. The van der Waals surface area contributed by atoms with Crippen LogP contribution in [-0.2, 0) is 0 Å². The van der Waals surface area contributed by atoms with Gasteiger partial charge < -0.3 is 25.7 Å². The van der Waals surface area contributed by atoms with Crippen LogP contribution < -0.4 is 10.6 Å². The van der Waals surface area contributed by atoms with Crippen LogP contribution >= 0.6 is 11.6 Å². The Hall–Kier alpha value is -2.98. The Morgan fingerprint density at radius 2 is 2.00 bits per heavy atom. The van der Waals surface area contributed by atoms with E-state index in [0.717, 1.165) is 18.6 Å². The van der Waals surface area contributed by atoms with Crippen LogP contribution in [-0.4, -0.2) is 52.6 Å². The van der Waals surface area contributed by atoms with Crippen LogP contribution in [0.3, 0.4) is 0 Å². The summed E-state index contributed by atoms with van der Waals surface area (Å²) in [6.45, 7) is 2.61. The van der Waals surface area contributed by atoms with Crippen molar-refractivity contribution in [2.24, 2.45) is 5.16 Å². The van der Waals surface area contributed by atoms with E-state index < -0.39 is 17.5 Å². The van der Waals surface area contributed by atoms with Crippen molar-refractivity contribution in [2.45, 2.75) is 19.4 Å². The number of aromatic amines is 1. The fraction of sp³-hybridized carbons (Fsp3) is 0.300. The number of hydrogen-bond acceptors (Lipinski definition) is 5. The molecular formula is C20H22ClF3N6O. The van der Waals surface area contributed by atoms with Gasteiger partial charge in [0.15, 0.2) is 17.5 Å². The van der Waals surface area contributed by atoms with Gasteiger partial charge in [0.1, 0.15) is 11.3 Å². The summed E-state index contributed by atoms with van der Waals surface area (Å²) < 4.78 is 42.0. The molecule has 0 aliphatic heterocycles. The maximum absolute atomic E-state index is 14.4. The summed E-state index contributed by atoms with van der Waals surface area (Å²) in [6.07, 6.45) is 0.796. The van der Waals surface area contributed by atoms with Gasteiger partial charge in [0.2, 0.25) is 5.95 Å². The van der Waals surface area contributed by atoms with Gasteiger partial charge in [-0.1, -0.05) is 16.8 Å². The molecule has 0 radical (unpaired) electrons. The molecule has 1 atom stereocenters. The number of rotatable bonds is 7. The van der Waals surface area contributed by atoms with Crippen LogP contribution in [0.4, 0.5) is 24.8 Å². The van der Waals surface area contributed by atoms with E-state index in [1.54, 1.807) is 0 Å². The zero-order valence-corrected chi connectivity index (χ0v) is 17.9. The maximum atomic E-state index is 14.4. The van der Waals surface area contributed by atoms with E-state index in [-0.39, 0.29) is 39.1 Å². The van der Waals surface area contributed by atoms with E-state index in [9.17, 15) is 18.4 Å². The van der Waals surface area contributed by atoms with Crippen LogP contribution in [0.5, 0.6) is 0 Å². The predicted octanol–water partition coefficient (Wildman–Crippen LogP) is 4.63. The molecule has 31 heavy (non-hydrogen) atoms. The molecule has 0 saturated heterocycles. The number of amidine groups is 1. The second kappa shape index (κ2) is 9.44. The van der Waals surface area contributed by atoms with Gasteiger partial charge in [-0.15, -0.1) is 0 Å². The molecule has 7 nitrogen and oxygen atoms in total. The number of aromatic nitrogens is 2. The summed E-state index contributed by atoms with van der Waals surface area (Å²) in [5.41, 5.74) is 0.181. The Bertz CT molecular complexity index is 1120. The monoisotopic (exact) mass is 454 g/mol. The van der Waals surface area contributed by atoms with Crippen LogP contribution in [0.2, 0.25) is 5.02 Å². The van der Waals surface area contributed by atoms with Crippen LogP contribution in [0.25, 0.3) is 11.0 Å². The van der Waals surface area contributed by atoms with Gasteiger partial charge in [0, 0.05) is 23.8 Å². The number of hydrogen-bond donors (Lipinski definition) is 4. The third-order valence-corrected chi connectivity index (χ3v) is 5.23. The number of fused-ring (bicyclic) bond motifs is 1. The van der Waals surface area contributed by atoms with Crippen molar-refractivity contribution < 1.29 is 18.4 Å². The second-order valence-electron chi connectivity index (χ2n) is 7.26. The van der Waals surface area contributed by atoms with Gasteiger partial charge in [0.05, 0.1) is 10.5 Å². The van der Waals surface area contributed by atoms with Gasteiger partial charge in [0.25, 0.3) is 0 Å². The lowest BCUT2D eigenvalue weighted by Gasteiger charge is -2.19. The minimum Gasteiger partial charge on any atom is -0.409 e. The second-order valence-corrected chi connectivity index (χ2v) is 7.67. The van der Waals surface area contributed by atoms with Crippen molar-refractivity contribution in [3.63, 3.8) is 0 Å². The molecule has 0 fully saturated rings. The molecule has 3 aromatic rings. The fourth-order valence-electron chi connectivity index (χ4n) is 2.89. The molecule has 4 N–H and O–H groups in total. The molecule has 0 spiro atoms. The summed E-state index contributed by atoms with van der Waals surface area (Å²) in [5, 5.41) is 18.3. The molecule has 0 aliphatic rings. The number of oxime groups is 1. The molecule has 0 amide bonds. The van der Waals surface area contributed by atoms with Crippen LogP contribution in [0, 0.1) is 17.5 Å². The summed E-state index contributed by atoms with van der Waals surface area (Å²) in [7, 11) is 3.93. The summed E-state index contributed by atoms with van der Waals surface area (Å²) >= 11 is 5.77. The highest BCUT2D eigenvalue weighted by molar-refractivity contribution is 6.31. The Morgan fingerprint density at radius 3 is 2.65 bits per heavy atom. The molecule has 0 aliphatic carbocycles. The van der Waals surface area contributed by atoms with Crippen molar-refractivity contribution in [1.82, 2.24) is 14.9 Å². The molecular weight excluding hydrogens is 433 g/mol. The average molecular weight is 455 g/mol. The number of nitrogens with one attached hydrogen (secondary N) is 3. The standard InChI is InChI=1S/C20H22ClF3N6O/c1-10(30(2)3)6-7-25-20-27-17-12(9-15(23)16(24)18(17)28-20)19(29-31)26-11-4-5-14(22)13(21)8-11/h4-5,8-10,31H,6-7H2,1-3H3,(H,26,29)(H2,25,27,28). The first kappa shape index (κ1) is 22.7. The highest BCUT2D eigenvalue weighted by Crippen LogP contribution is 2.26. The van der Waals surface area contributed by atoms with Crippen molar-refractivity contribution in [3.05, 3.63) is 52.3 Å². The molecule has 1 aromatic heterocycles. The fourth-order valence-corrected chi connectivity index (χ4v) is 3.07. The van der Waals surface area contributed by atoms with E-state index in [0.29, 0.717) is 12.6 Å². The lowest BCUT2D eigenvalue weighted by molar-refractivity contribution is 0.304. The summed E-state index contributed by atoms with van der Waals surface area (Å²) in [6, 6.07) is 4.93. The zero-order valence-electron chi connectivity index (χ0n) is 17.1. The maximum Gasteiger partial charge on any atom is 0.201 e. The molecule has 166 valence electrons. The SMILES string of the molecule is CC(CCNc1nc2c(F)c(F)cc(/C(=N/O)Nc3ccc(F)c(Cl)c3)c2[nH]1)N(C)C. The third kappa shape index (κ3) is 5.02. The number of imidazole rings is 1. The minimum atomic E-state index is -1.16. The Labute approximate surface area is 181 Å². The highest BCUT2D eigenvalue weighted by Gasteiger charge is 2.21. The predicted molar refractivity (Wildman–Crippen MR) is 116 cm³/mol. The van der Waals surface area contributed by atoms with Gasteiger partial charge in [-0.05, 0) is 51.7 Å². The first-order chi connectivity index (χ1) is 14.7. The quantitative estimate of drug-likeness (QED) is 0.181. The van der Waals surface area contributed by atoms with Crippen molar-refractivity contribution in [3.8, 4) is 0 Å². The van der Waals surface area contributed by atoms with Crippen LogP contribution in [0.1, 0.15) is 18.9 Å². The molecule has 11 heteroatoms. The number of nitrogens with zero attached hydrogens (tertiary/aromatic N) is 3. The molecule has 2 aromatic carbocycles. The molecule has 0 saturated carbocycles. The highest BCUT2D eigenvalue weighted by atomic mass is 35.5. The van der Waals surface area contributed by atoms with E-state index in [2.05, 4.69) is 37.6 Å². The molecule has 1 unspecified atom stereocenters. The van der Waals surface area contributed by atoms with E-state index in [1.807, 2.05) is 14.1 Å². The normalized spacial score (nSPS) is 13.1. The van der Waals surface area contributed by atoms with Gasteiger partial charge >= 0.3 is 0 Å². The minimum absolute atomic E-state index is 0.0269. The van der Waals surface area contributed by atoms with Crippen molar-refractivity contribution >= 4 is 40.1 Å². The third-order valence-electron chi connectivity index (χ3n) is 4.94. The lowest BCUT2D eigenvalue weighted by atomic mass is 10.1. The zero-order chi connectivity index (χ0) is 22.7. The lowest BCUT2D eigenvalue weighted by Crippen LogP contribution is -2.26. The van der Waals surface area contributed by atoms with Gasteiger partial charge in [-0.3, -0.25) is 0 Å². The smallest absolute Gasteiger partial charge is 0.201 e. The molecule has 3 rings (SSSR count). The average Bonchev–Trinajstić information content (AvgIpc) is 3.16. The van der Waals surface area contributed by atoms with Gasteiger partial charge in [-0.25, -0.2) is 18.2 Å². The first-order valence-electron chi connectivity index (χ1n) is 9.43. The number of halogens is 4. The Balaban J connectivity index is 1.92. The number of H-pyrrole nitrogens is 1. The van der Waals surface area contributed by atoms with Crippen molar-refractivity contribution in [1.29, 1.82) is 0 Å². The van der Waals surface area contributed by atoms with Gasteiger partial charge in [-0.2, -0.15) is 0 Å². The topological polar surface area (TPSA) is 88.6 Å². The van der Waals surface area contributed by atoms with E-state index >= 15 is 0 Å². The van der Waals surface area contributed by atoms with E-state index in [4.69, 9.17) is 11.6 Å². The van der Waals surface area contributed by atoms with E-state index in [1.165, 1.54) is 12.1 Å². The first-order valence-corrected chi connectivity index (χ1v) is 9.81.